The fourth-order valence-corrected chi connectivity index (χ4v) is 7.53. The van der Waals surface area contributed by atoms with Gasteiger partial charge in [0.05, 0.1) is 22.4 Å². The van der Waals surface area contributed by atoms with E-state index < -0.39 is 0 Å². The van der Waals surface area contributed by atoms with Crippen LogP contribution in [0.3, 0.4) is 0 Å². The van der Waals surface area contributed by atoms with Gasteiger partial charge in [-0.25, -0.2) is 9.97 Å². The maximum absolute atomic E-state index is 5.28. The van der Waals surface area contributed by atoms with Crippen LogP contribution in [0.1, 0.15) is 0 Å². The first kappa shape index (κ1) is 27.5. The van der Waals surface area contributed by atoms with Crippen LogP contribution in [0.15, 0.2) is 176 Å². The minimum Gasteiger partial charge on any atom is -0.309 e. The molecule has 0 N–H and O–H groups in total. The third-order valence-electron chi connectivity index (χ3n) is 9.77. The van der Waals surface area contributed by atoms with E-state index in [2.05, 4.69) is 162 Å². The number of hydrogen-bond acceptors (Lipinski definition) is 2. The van der Waals surface area contributed by atoms with E-state index in [1.165, 1.54) is 48.6 Å². The van der Waals surface area contributed by atoms with Crippen LogP contribution in [0.2, 0.25) is 0 Å². The summed E-state index contributed by atoms with van der Waals surface area (Å²) in [6.45, 7) is 0. The first-order chi connectivity index (χ1) is 24.3. The van der Waals surface area contributed by atoms with Crippen molar-refractivity contribution in [3.63, 3.8) is 0 Å². The van der Waals surface area contributed by atoms with E-state index in [9.17, 15) is 0 Å². The molecule has 0 bridgehead atoms. The number of nitrogens with zero attached hydrogens (tertiary/aromatic N) is 3. The molecular formula is C46H29N3. The van der Waals surface area contributed by atoms with Gasteiger partial charge in [0.15, 0.2) is 5.82 Å². The Hall–Kier alpha value is -6.58. The third-order valence-corrected chi connectivity index (χ3v) is 9.77. The summed E-state index contributed by atoms with van der Waals surface area (Å²) in [6, 6.07) is 62.6. The Morgan fingerprint density at radius 3 is 1.84 bits per heavy atom. The number of fused-ring (bicyclic) bond motifs is 7. The van der Waals surface area contributed by atoms with Crippen molar-refractivity contribution >= 4 is 54.1 Å². The molecule has 0 saturated carbocycles. The maximum Gasteiger partial charge on any atom is 0.160 e. The molecule has 0 spiro atoms. The first-order valence-corrected chi connectivity index (χ1v) is 16.7. The van der Waals surface area contributed by atoms with Gasteiger partial charge in [-0.15, -0.1) is 0 Å². The molecule has 3 heteroatoms. The Labute approximate surface area is 283 Å². The van der Waals surface area contributed by atoms with Crippen molar-refractivity contribution in [2.45, 2.75) is 0 Å². The third kappa shape index (κ3) is 4.44. The molecule has 8 aromatic carbocycles. The maximum atomic E-state index is 5.28. The smallest absolute Gasteiger partial charge is 0.160 e. The minimum absolute atomic E-state index is 0.709. The SMILES string of the molecule is c1ccc(-c2nc(-c3cccc4c3ccc3cc5ccccc5cc34)cc(-c3cccc4c3c3ccccc3n4-c3ccccc3)n2)cc1. The first-order valence-electron chi connectivity index (χ1n) is 16.7. The van der Waals surface area contributed by atoms with Crippen LogP contribution >= 0.6 is 0 Å². The molecule has 0 atom stereocenters. The van der Waals surface area contributed by atoms with Gasteiger partial charge in [-0.1, -0.05) is 133 Å². The zero-order chi connectivity index (χ0) is 32.3. The average molecular weight is 624 g/mol. The predicted octanol–water partition coefficient (Wildman–Crippen LogP) is 12.0. The van der Waals surface area contributed by atoms with Crippen LogP contribution in [0.25, 0.3) is 93.7 Å². The van der Waals surface area contributed by atoms with E-state index in [1.807, 2.05) is 18.2 Å². The quantitative estimate of drug-likeness (QED) is 0.144. The normalized spacial score (nSPS) is 11.7. The van der Waals surface area contributed by atoms with Crippen molar-refractivity contribution in [2.24, 2.45) is 0 Å². The number of hydrogen-bond donors (Lipinski definition) is 0. The number of para-hydroxylation sites is 2. The minimum atomic E-state index is 0.709. The second-order valence-corrected chi connectivity index (χ2v) is 12.6. The molecule has 0 fully saturated rings. The number of benzene rings is 8. The molecule has 10 rings (SSSR count). The van der Waals surface area contributed by atoms with Crippen molar-refractivity contribution in [3.05, 3.63) is 176 Å². The van der Waals surface area contributed by atoms with E-state index in [4.69, 9.17) is 9.97 Å². The number of rotatable bonds is 4. The van der Waals surface area contributed by atoms with Gasteiger partial charge >= 0.3 is 0 Å². The monoisotopic (exact) mass is 623 g/mol. The van der Waals surface area contributed by atoms with Gasteiger partial charge in [-0.3, -0.25) is 0 Å². The van der Waals surface area contributed by atoms with E-state index in [0.717, 1.165) is 39.3 Å². The number of aromatic nitrogens is 3. The van der Waals surface area contributed by atoms with Gasteiger partial charge in [0.25, 0.3) is 0 Å². The molecule has 2 heterocycles. The molecule has 0 aliphatic heterocycles. The lowest BCUT2D eigenvalue weighted by Crippen LogP contribution is -1.97. The molecule has 10 aromatic rings. The van der Waals surface area contributed by atoms with Gasteiger partial charge in [-0.05, 0) is 74.8 Å². The van der Waals surface area contributed by atoms with E-state index in [-0.39, 0.29) is 0 Å². The standard InChI is InChI=1S/C46H29N3/c1-3-13-30(14-4-1)46-47-41(37-21-11-20-35-36(37)26-25-33-27-31-15-7-8-16-32(31)28-40(33)35)29-42(48-46)38-22-12-24-44-45(38)39-19-9-10-23-43(39)49(44)34-17-5-2-6-18-34/h1-29H. The molecule has 228 valence electrons. The summed E-state index contributed by atoms with van der Waals surface area (Å²) in [5.41, 5.74) is 8.41. The van der Waals surface area contributed by atoms with Gasteiger partial charge in [-0.2, -0.15) is 0 Å². The summed E-state index contributed by atoms with van der Waals surface area (Å²) in [5.74, 6) is 0.709. The van der Waals surface area contributed by atoms with Crippen LogP contribution in [-0.4, -0.2) is 14.5 Å². The Balaban J connectivity index is 1.25. The Morgan fingerprint density at radius 2 is 1.00 bits per heavy atom. The fourth-order valence-electron chi connectivity index (χ4n) is 7.53. The average Bonchev–Trinajstić information content (AvgIpc) is 3.52. The highest BCUT2D eigenvalue weighted by molar-refractivity contribution is 6.17. The van der Waals surface area contributed by atoms with Crippen LogP contribution in [0.4, 0.5) is 0 Å². The van der Waals surface area contributed by atoms with Gasteiger partial charge in [0.2, 0.25) is 0 Å². The molecular weight excluding hydrogens is 595 g/mol. The van der Waals surface area contributed by atoms with Crippen molar-refractivity contribution in [2.75, 3.05) is 0 Å². The highest BCUT2D eigenvalue weighted by Gasteiger charge is 2.19. The van der Waals surface area contributed by atoms with Crippen LogP contribution in [-0.2, 0) is 0 Å². The molecule has 0 amide bonds. The summed E-state index contributed by atoms with van der Waals surface area (Å²) in [5, 5.41) is 9.74. The summed E-state index contributed by atoms with van der Waals surface area (Å²) >= 11 is 0. The van der Waals surface area contributed by atoms with E-state index >= 15 is 0 Å². The Morgan fingerprint density at radius 1 is 0.367 bits per heavy atom. The van der Waals surface area contributed by atoms with E-state index in [0.29, 0.717) is 5.82 Å². The van der Waals surface area contributed by atoms with Gasteiger partial charge in [0.1, 0.15) is 0 Å². The second kappa shape index (κ2) is 11.0. The van der Waals surface area contributed by atoms with Crippen LogP contribution < -0.4 is 0 Å². The Bertz CT molecular complexity index is 2870. The predicted molar refractivity (Wildman–Crippen MR) is 205 cm³/mol. The highest BCUT2D eigenvalue weighted by atomic mass is 15.0. The Kier molecular flexibility index (Phi) is 6.18. The van der Waals surface area contributed by atoms with Crippen molar-refractivity contribution in [3.8, 4) is 39.6 Å². The summed E-state index contributed by atoms with van der Waals surface area (Å²) in [6.07, 6.45) is 0. The molecule has 0 aliphatic rings. The summed E-state index contributed by atoms with van der Waals surface area (Å²) in [4.78, 5) is 10.5. The molecule has 49 heavy (non-hydrogen) atoms. The van der Waals surface area contributed by atoms with Crippen molar-refractivity contribution < 1.29 is 0 Å². The van der Waals surface area contributed by atoms with Crippen LogP contribution in [0.5, 0.6) is 0 Å². The molecule has 0 radical (unpaired) electrons. The lowest BCUT2D eigenvalue weighted by molar-refractivity contribution is 1.18. The fraction of sp³-hybridized carbons (Fsp3) is 0. The zero-order valence-electron chi connectivity index (χ0n) is 26.6. The van der Waals surface area contributed by atoms with Gasteiger partial charge in [0, 0.05) is 33.2 Å². The zero-order valence-corrected chi connectivity index (χ0v) is 26.6. The molecule has 3 nitrogen and oxygen atoms in total. The van der Waals surface area contributed by atoms with Gasteiger partial charge < -0.3 is 4.57 Å². The van der Waals surface area contributed by atoms with E-state index in [1.54, 1.807) is 0 Å². The molecule has 0 aliphatic carbocycles. The highest BCUT2D eigenvalue weighted by Crippen LogP contribution is 2.40. The lowest BCUT2D eigenvalue weighted by atomic mass is 9.94. The molecule has 0 unspecified atom stereocenters. The van der Waals surface area contributed by atoms with Crippen LogP contribution in [0, 0.1) is 0 Å². The summed E-state index contributed by atoms with van der Waals surface area (Å²) < 4.78 is 2.36. The molecule has 2 aromatic heterocycles. The van der Waals surface area contributed by atoms with Crippen molar-refractivity contribution in [1.29, 1.82) is 0 Å². The van der Waals surface area contributed by atoms with Crippen molar-refractivity contribution in [1.82, 2.24) is 14.5 Å². The summed E-state index contributed by atoms with van der Waals surface area (Å²) in [7, 11) is 0. The molecule has 0 saturated heterocycles. The topological polar surface area (TPSA) is 30.7 Å². The lowest BCUT2D eigenvalue weighted by Gasteiger charge is -2.13. The second-order valence-electron chi connectivity index (χ2n) is 12.6. The largest absolute Gasteiger partial charge is 0.309 e.